The summed E-state index contributed by atoms with van der Waals surface area (Å²) < 4.78 is 63.8. The fraction of sp³-hybridized carbons (Fsp3) is 0.364. The number of halogens is 3. The minimum atomic E-state index is -4.61. The lowest BCUT2D eigenvalue weighted by atomic mass is 10.1. The molecular formula is C22H22F3N3O3S2. The van der Waals surface area contributed by atoms with Gasteiger partial charge < -0.3 is 10.2 Å². The van der Waals surface area contributed by atoms with Crippen LogP contribution in [0.25, 0.3) is 0 Å². The lowest BCUT2D eigenvalue weighted by molar-refractivity contribution is -0.137. The van der Waals surface area contributed by atoms with E-state index >= 15 is 0 Å². The van der Waals surface area contributed by atoms with Crippen LogP contribution in [0.1, 0.15) is 16.7 Å². The van der Waals surface area contributed by atoms with Gasteiger partial charge in [-0.2, -0.15) is 13.2 Å². The number of fused-ring (bicyclic) bond motifs is 1. The van der Waals surface area contributed by atoms with E-state index < -0.39 is 33.5 Å². The van der Waals surface area contributed by atoms with E-state index in [1.807, 2.05) is 32.0 Å². The van der Waals surface area contributed by atoms with Gasteiger partial charge in [0.1, 0.15) is 6.54 Å². The maximum Gasteiger partial charge on any atom is 0.418 e. The average molecular weight is 498 g/mol. The first-order valence-corrected chi connectivity index (χ1v) is 12.9. The Hall–Kier alpha value is -2.53. The number of anilines is 2. The van der Waals surface area contributed by atoms with Crippen LogP contribution >= 0.6 is 11.8 Å². The highest BCUT2D eigenvalue weighted by Gasteiger charge is 2.44. The van der Waals surface area contributed by atoms with Crippen molar-refractivity contribution in [2.24, 2.45) is 4.99 Å². The van der Waals surface area contributed by atoms with Gasteiger partial charge in [0.05, 0.1) is 28.8 Å². The number of hydrogen-bond donors (Lipinski definition) is 1. The van der Waals surface area contributed by atoms with E-state index in [-0.39, 0.29) is 29.0 Å². The second-order valence-electron chi connectivity index (χ2n) is 8.16. The maximum absolute atomic E-state index is 13.3. The number of benzene rings is 2. The van der Waals surface area contributed by atoms with Crippen molar-refractivity contribution < 1.29 is 26.4 Å². The van der Waals surface area contributed by atoms with Gasteiger partial charge in [0.2, 0.25) is 5.91 Å². The van der Waals surface area contributed by atoms with Gasteiger partial charge in [0.15, 0.2) is 15.0 Å². The Labute approximate surface area is 194 Å². The van der Waals surface area contributed by atoms with Crippen molar-refractivity contribution in [3.05, 3.63) is 59.2 Å². The molecule has 11 heteroatoms. The number of carbonyl (C=O) groups excluding carboxylic acids is 1. The number of amidine groups is 1. The number of nitrogens with zero attached hydrogens (tertiary/aromatic N) is 2. The average Bonchev–Trinajstić information content (AvgIpc) is 3.21. The largest absolute Gasteiger partial charge is 0.418 e. The van der Waals surface area contributed by atoms with Gasteiger partial charge in [-0.05, 0) is 49.2 Å². The second-order valence-corrected chi connectivity index (χ2v) is 11.5. The second kappa shape index (κ2) is 8.68. The molecule has 2 atom stereocenters. The van der Waals surface area contributed by atoms with Crippen LogP contribution in [0.15, 0.2) is 47.5 Å². The fourth-order valence-corrected chi connectivity index (χ4v) is 7.59. The predicted molar refractivity (Wildman–Crippen MR) is 125 cm³/mol. The van der Waals surface area contributed by atoms with Crippen LogP contribution in [0.2, 0.25) is 0 Å². The SMILES string of the molecule is Cc1ccc(N(CC(=O)Nc2ccccc2C(F)(F)F)C2=N[C@H]3CS(=O)(=O)C[C@H]3S2)cc1C. The Morgan fingerprint density at radius 3 is 2.55 bits per heavy atom. The van der Waals surface area contributed by atoms with Crippen molar-refractivity contribution in [1.29, 1.82) is 0 Å². The predicted octanol–water partition coefficient (Wildman–Crippen LogP) is 4.04. The molecule has 0 spiro atoms. The third-order valence-electron chi connectivity index (χ3n) is 5.65. The number of thioether (sulfide) groups is 1. The third-order valence-corrected chi connectivity index (χ3v) is 8.89. The van der Waals surface area contributed by atoms with Gasteiger partial charge in [-0.3, -0.25) is 9.79 Å². The van der Waals surface area contributed by atoms with Crippen LogP contribution in [-0.2, 0) is 20.8 Å². The lowest BCUT2D eigenvalue weighted by Crippen LogP contribution is -2.37. The van der Waals surface area contributed by atoms with Crippen LogP contribution in [-0.4, -0.2) is 48.8 Å². The molecule has 1 N–H and O–H groups in total. The monoisotopic (exact) mass is 497 g/mol. The van der Waals surface area contributed by atoms with Gasteiger partial charge in [-0.1, -0.05) is 30.0 Å². The van der Waals surface area contributed by atoms with E-state index in [0.717, 1.165) is 17.2 Å². The summed E-state index contributed by atoms with van der Waals surface area (Å²) in [5.74, 6) is -0.667. The van der Waals surface area contributed by atoms with Gasteiger partial charge in [-0.25, -0.2) is 8.42 Å². The minimum absolute atomic E-state index is 0.0151. The highest BCUT2D eigenvalue weighted by molar-refractivity contribution is 8.15. The number of aryl methyl sites for hydroxylation is 2. The van der Waals surface area contributed by atoms with Gasteiger partial charge in [-0.15, -0.1) is 0 Å². The molecule has 1 fully saturated rings. The van der Waals surface area contributed by atoms with Crippen LogP contribution in [0.3, 0.4) is 0 Å². The van der Waals surface area contributed by atoms with E-state index in [9.17, 15) is 26.4 Å². The Morgan fingerprint density at radius 2 is 1.88 bits per heavy atom. The number of aliphatic imine (C=N–C) groups is 1. The Morgan fingerprint density at radius 1 is 1.15 bits per heavy atom. The Kier molecular flexibility index (Phi) is 6.21. The minimum Gasteiger partial charge on any atom is -0.324 e. The van der Waals surface area contributed by atoms with Gasteiger partial charge in [0, 0.05) is 10.9 Å². The first kappa shape index (κ1) is 23.6. The van der Waals surface area contributed by atoms with E-state index in [2.05, 4.69) is 10.3 Å². The third kappa shape index (κ3) is 5.19. The van der Waals surface area contributed by atoms with E-state index in [0.29, 0.717) is 10.9 Å². The van der Waals surface area contributed by atoms with Crippen LogP contribution in [0.5, 0.6) is 0 Å². The van der Waals surface area contributed by atoms with Gasteiger partial charge in [0.25, 0.3) is 0 Å². The summed E-state index contributed by atoms with van der Waals surface area (Å²) in [5.41, 5.74) is 1.44. The molecule has 6 nitrogen and oxygen atoms in total. The quantitative estimate of drug-likeness (QED) is 0.690. The fourth-order valence-electron chi connectivity index (χ4n) is 3.81. The number of para-hydroxylation sites is 1. The molecule has 2 aromatic carbocycles. The Balaban J connectivity index is 1.61. The summed E-state index contributed by atoms with van der Waals surface area (Å²) in [5, 5.41) is 2.63. The Bertz CT molecular complexity index is 1230. The molecule has 1 saturated heterocycles. The highest BCUT2D eigenvalue weighted by atomic mass is 32.2. The van der Waals surface area contributed by atoms with Crippen molar-refractivity contribution in [2.75, 3.05) is 28.3 Å². The number of carbonyl (C=O) groups is 1. The summed E-state index contributed by atoms with van der Waals surface area (Å²) >= 11 is 1.29. The van der Waals surface area contributed by atoms with Crippen molar-refractivity contribution >= 4 is 44.0 Å². The molecule has 2 aromatic rings. The summed E-state index contributed by atoms with van der Waals surface area (Å²) in [7, 11) is -3.15. The molecule has 33 heavy (non-hydrogen) atoms. The van der Waals surface area contributed by atoms with Gasteiger partial charge >= 0.3 is 6.18 Å². The van der Waals surface area contributed by atoms with Crippen molar-refractivity contribution in [2.45, 2.75) is 31.3 Å². The van der Waals surface area contributed by atoms with E-state index in [4.69, 9.17) is 0 Å². The number of hydrogen-bond acceptors (Lipinski definition) is 6. The molecule has 0 aliphatic carbocycles. The van der Waals surface area contributed by atoms with E-state index in [1.165, 1.54) is 30.0 Å². The number of alkyl halides is 3. The molecule has 1 amide bonds. The molecule has 2 aliphatic rings. The molecule has 0 aromatic heterocycles. The van der Waals surface area contributed by atoms with Crippen molar-refractivity contribution in [1.82, 2.24) is 0 Å². The topological polar surface area (TPSA) is 78.8 Å². The summed E-state index contributed by atoms with van der Waals surface area (Å²) in [6.07, 6.45) is -4.61. The number of sulfone groups is 1. The smallest absolute Gasteiger partial charge is 0.324 e. The maximum atomic E-state index is 13.3. The number of nitrogens with one attached hydrogen (secondary N) is 1. The molecule has 2 aliphatic heterocycles. The van der Waals surface area contributed by atoms with Crippen LogP contribution < -0.4 is 10.2 Å². The normalized spacial score (nSPS) is 21.4. The van der Waals surface area contributed by atoms with Crippen LogP contribution in [0, 0.1) is 13.8 Å². The molecule has 0 unspecified atom stereocenters. The molecule has 0 bridgehead atoms. The lowest BCUT2D eigenvalue weighted by Gasteiger charge is -2.25. The standard InChI is InChI=1S/C22H22F3N3O3S2/c1-13-7-8-15(9-14(13)2)28(21-27-18-11-33(30,31)12-19(18)32-21)10-20(29)26-17-6-4-3-5-16(17)22(23,24)25/h3-9,18-19H,10-12H2,1-2H3,(H,26,29)/t18-,19+/m0/s1. The summed E-state index contributed by atoms with van der Waals surface area (Å²) in [4.78, 5) is 19.0. The highest BCUT2D eigenvalue weighted by Crippen LogP contribution is 2.37. The summed E-state index contributed by atoms with van der Waals surface area (Å²) in [6.45, 7) is 3.59. The van der Waals surface area contributed by atoms with Crippen LogP contribution in [0.4, 0.5) is 24.5 Å². The number of amides is 1. The first-order chi connectivity index (χ1) is 15.4. The molecule has 176 valence electrons. The first-order valence-electron chi connectivity index (χ1n) is 10.2. The molecule has 2 heterocycles. The molecule has 0 radical (unpaired) electrons. The number of rotatable bonds is 4. The zero-order chi connectivity index (χ0) is 24.0. The van der Waals surface area contributed by atoms with Crippen molar-refractivity contribution in [3.8, 4) is 0 Å². The van der Waals surface area contributed by atoms with E-state index in [1.54, 1.807) is 4.90 Å². The molecule has 4 rings (SSSR count). The zero-order valence-electron chi connectivity index (χ0n) is 17.9. The molecule has 0 saturated carbocycles. The molecular weight excluding hydrogens is 475 g/mol. The van der Waals surface area contributed by atoms with Crippen molar-refractivity contribution in [3.63, 3.8) is 0 Å². The zero-order valence-corrected chi connectivity index (χ0v) is 19.5. The summed E-state index contributed by atoms with van der Waals surface area (Å²) in [6, 6.07) is 9.99.